The van der Waals surface area contributed by atoms with Gasteiger partial charge in [0.15, 0.2) is 5.75 Å². The van der Waals surface area contributed by atoms with Crippen molar-refractivity contribution in [2.45, 2.75) is 13.2 Å². The molecule has 162 valence electrons. The van der Waals surface area contributed by atoms with Crippen molar-refractivity contribution in [2.75, 3.05) is 5.32 Å². The van der Waals surface area contributed by atoms with Crippen LogP contribution in [-0.2, 0) is 13.2 Å². The predicted molar refractivity (Wildman–Crippen MR) is 128 cm³/mol. The molecule has 5 nitrogen and oxygen atoms in total. The molecular weight excluding hydrogens is 469 g/mol. The van der Waals surface area contributed by atoms with Crippen LogP contribution in [0.2, 0.25) is 15.1 Å². The number of aromatic nitrogens is 2. The second-order valence-corrected chi connectivity index (χ2v) is 8.30. The van der Waals surface area contributed by atoms with Crippen molar-refractivity contribution in [1.82, 2.24) is 9.78 Å². The Morgan fingerprint density at radius 2 is 1.66 bits per heavy atom. The number of anilines is 1. The molecule has 4 aromatic rings. The van der Waals surface area contributed by atoms with Gasteiger partial charge in [-0.2, -0.15) is 5.10 Å². The number of halogens is 3. The Morgan fingerprint density at radius 3 is 2.41 bits per heavy atom. The van der Waals surface area contributed by atoms with E-state index in [1.807, 2.05) is 36.4 Å². The van der Waals surface area contributed by atoms with Crippen molar-refractivity contribution < 1.29 is 9.53 Å². The summed E-state index contributed by atoms with van der Waals surface area (Å²) in [7, 11) is 0. The van der Waals surface area contributed by atoms with Crippen molar-refractivity contribution in [2.24, 2.45) is 0 Å². The number of carbonyl (C=O) groups excluding carboxylic acids is 1. The highest BCUT2D eigenvalue weighted by molar-refractivity contribution is 6.40. The molecule has 8 heteroatoms. The zero-order valence-electron chi connectivity index (χ0n) is 16.8. The number of hydrogen-bond donors (Lipinski definition) is 1. The first-order chi connectivity index (χ1) is 15.5. The van der Waals surface area contributed by atoms with Gasteiger partial charge in [-0.05, 0) is 35.4 Å². The monoisotopic (exact) mass is 485 g/mol. The van der Waals surface area contributed by atoms with E-state index in [0.717, 1.165) is 11.1 Å². The minimum atomic E-state index is -0.242. The highest BCUT2D eigenvalue weighted by atomic mass is 35.5. The van der Waals surface area contributed by atoms with E-state index in [9.17, 15) is 4.79 Å². The third-order valence-electron chi connectivity index (χ3n) is 4.61. The standard InChI is InChI=1S/C24H18Cl3N3O2/c25-19-10-21(26)23(22(27)11-19)32-15-17-7-4-8-18(9-17)24(31)29-20-12-28-30(14-20)13-16-5-2-1-3-6-16/h1-12,14H,13,15H2,(H,29,31). The van der Waals surface area contributed by atoms with Crippen LogP contribution in [0.3, 0.4) is 0 Å². The van der Waals surface area contributed by atoms with Crippen molar-refractivity contribution in [3.63, 3.8) is 0 Å². The number of ether oxygens (including phenoxy) is 1. The van der Waals surface area contributed by atoms with Crippen LogP contribution in [-0.4, -0.2) is 15.7 Å². The summed E-state index contributed by atoms with van der Waals surface area (Å²) < 4.78 is 7.53. The third kappa shape index (κ3) is 5.62. The molecule has 3 aromatic carbocycles. The van der Waals surface area contributed by atoms with Crippen LogP contribution in [0.4, 0.5) is 5.69 Å². The molecule has 0 aliphatic carbocycles. The molecule has 0 fully saturated rings. The van der Waals surface area contributed by atoms with Crippen molar-refractivity contribution in [1.29, 1.82) is 0 Å². The minimum absolute atomic E-state index is 0.192. The van der Waals surface area contributed by atoms with Gasteiger partial charge in [0.25, 0.3) is 5.91 Å². The molecule has 1 amide bonds. The molecule has 1 aromatic heterocycles. The van der Waals surface area contributed by atoms with Gasteiger partial charge in [-0.3, -0.25) is 9.48 Å². The molecule has 0 spiro atoms. The van der Waals surface area contributed by atoms with E-state index in [2.05, 4.69) is 10.4 Å². The van der Waals surface area contributed by atoms with Gasteiger partial charge in [0, 0.05) is 16.8 Å². The van der Waals surface area contributed by atoms with Crippen LogP contribution in [0.5, 0.6) is 5.75 Å². The van der Waals surface area contributed by atoms with E-state index in [1.165, 1.54) is 0 Å². The smallest absolute Gasteiger partial charge is 0.255 e. The molecule has 0 aliphatic rings. The molecule has 4 rings (SSSR count). The van der Waals surface area contributed by atoms with E-state index < -0.39 is 0 Å². The molecular formula is C24H18Cl3N3O2. The fourth-order valence-corrected chi connectivity index (χ4v) is 4.04. The summed E-state index contributed by atoms with van der Waals surface area (Å²) in [6.45, 7) is 0.816. The molecule has 0 aliphatic heterocycles. The topological polar surface area (TPSA) is 56.2 Å². The normalized spacial score (nSPS) is 10.7. The van der Waals surface area contributed by atoms with Crippen LogP contribution >= 0.6 is 34.8 Å². The molecule has 0 saturated carbocycles. The Balaban J connectivity index is 1.39. The zero-order valence-corrected chi connectivity index (χ0v) is 19.0. The van der Waals surface area contributed by atoms with Crippen LogP contribution < -0.4 is 10.1 Å². The van der Waals surface area contributed by atoms with E-state index in [-0.39, 0.29) is 12.5 Å². The molecule has 32 heavy (non-hydrogen) atoms. The number of hydrogen-bond acceptors (Lipinski definition) is 3. The van der Waals surface area contributed by atoms with E-state index >= 15 is 0 Å². The van der Waals surface area contributed by atoms with Gasteiger partial charge >= 0.3 is 0 Å². The maximum Gasteiger partial charge on any atom is 0.255 e. The van der Waals surface area contributed by atoms with Crippen molar-refractivity contribution >= 4 is 46.4 Å². The third-order valence-corrected chi connectivity index (χ3v) is 5.39. The maximum absolute atomic E-state index is 12.7. The first-order valence-electron chi connectivity index (χ1n) is 9.72. The lowest BCUT2D eigenvalue weighted by atomic mass is 10.1. The van der Waals surface area contributed by atoms with Crippen LogP contribution in [0.15, 0.2) is 79.1 Å². The fourth-order valence-electron chi connectivity index (χ4n) is 3.11. The molecule has 0 saturated heterocycles. The Bertz CT molecular complexity index is 1220. The van der Waals surface area contributed by atoms with Gasteiger partial charge in [-0.15, -0.1) is 0 Å². The summed E-state index contributed by atoms with van der Waals surface area (Å²) in [4.78, 5) is 12.7. The van der Waals surface area contributed by atoms with Gasteiger partial charge in [0.1, 0.15) is 6.61 Å². The van der Waals surface area contributed by atoms with E-state index in [1.54, 1.807) is 47.4 Å². The zero-order chi connectivity index (χ0) is 22.5. The summed E-state index contributed by atoms with van der Waals surface area (Å²) in [6.07, 6.45) is 3.42. The van der Waals surface area contributed by atoms with Gasteiger partial charge < -0.3 is 10.1 Å². The average molecular weight is 487 g/mol. The highest BCUT2D eigenvalue weighted by Crippen LogP contribution is 2.36. The van der Waals surface area contributed by atoms with Gasteiger partial charge in [-0.25, -0.2) is 0 Å². The summed E-state index contributed by atoms with van der Waals surface area (Å²) >= 11 is 18.2. The lowest BCUT2D eigenvalue weighted by Crippen LogP contribution is -2.12. The van der Waals surface area contributed by atoms with Crippen molar-refractivity contribution in [3.05, 3.63) is 111 Å². The summed E-state index contributed by atoms with van der Waals surface area (Å²) in [5.41, 5.74) is 3.03. The first-order valence-corrected chi connectivity index (χ1v) is 10.9. The molecule has 0 radical (unpaired) electrons. The summed E-state index contributed by atoms with van der Waals surface area (Å²) in [6, 6.07) is 20.2. The van der Waals surface area contributed by atoms with Gasteiger partial charge in [-0.1, -0.05) is 77.3 Å². The average Bonchev–Trinajstić information content (AvgIpc) is 3.20. The Labute approximate surface area is 200 Å². The Morgan fingerprint density at radius 1 is 0.938 bits per heavy atom. The number of benzene rings is 3. The van der Waals surface area contributed by atoms with Crippen LogP contribution in [0, 0.1) is 0 Å². The van der Waals surface area contributed by atoms with Crippen LogP contribution in [0.1, 0.15) is 21.5 Å². The predicted octanol–water partition coefficient (Wildman–Crippen LogP) is 6.72. The lowest BCUT2D eigenvalue weighted by molar-refractivity contribution is 0.102. The molecule has 1 heterocycles. The van der Waals surface area contributed by atoms with Gasteiger partial charge in [0.2, 0.25) is 0 Å². The number of amides is 1. The Hall–Kier alpha value is -2.99. The van der Waals surface area contributed by atoms with Crippen molar-refractivity contribution in [3.8, 4) is 5.75 Å². The fraction of sp³-hybridized carbons (Fsp3) is 0.0833. The summed E-state index contributed by atoms with van der Waals surface area (Å²) in [5.74, 6) is 0.104. The first kappa shape index (κ1) is 22.2. The molecule has 0 atom stereocenters. The number of nitrogens with zero attached hydrogens (tertiary/aromatic N) is 2. The summed E-state index contributed by atoms with van der Waals surface area (Å²) in [5, 5.41) is 8.25. The lowest BCUT2D eigenvalue weighted by Gasteiger charge is -2.11. The molecule has 0 unspecified atom stereocenters. The minimum Gasteiger partial charge on any atom is -0.486 e. The maximum atomic E-state index is 12.7. The number of rotatable bonds is 7. The largest absolute Gasteiger partial charge is 0.486 e. The Kier molecular flexibility index (Phi) is 7.00. The van der Waals surface area contributed by atoms with Crippen LogP contribution in [0.25, 0.3) is 0 Å². The number of nitrogens with one attached hydrogen (secondary N) is 1. The molecule has 1 N–H and O–H groups in total. The second-order valence-electron chi connectivity index (χ2n) is 7.05. The SMILES string of the molecule is O=C(Nc1cnn(Cc2ccccc2)c1)c1cccc(COc2c(Cl)cc(Cl)cc2Cl)c1. The molecule has 0 bridgehead atoms. The number of carbonyl (C=O) groups is 1. The van der Waals surface area contributed by atoms with Gasteiger partial charge in [0.05, 0.1) is 28.5 Å². The van der Waals surface area contributed by atoms with E-state index in [4.69, 9.17) is 39.5 Å². The van der Waals surface area contributed by atoms with E-state index in [0.29, 0.717) is 38.6 Å². The highest BCUT2D eigenvalue weighted by Gasteiger charge is 2.12. The second kappa shape index (κ2) is 10.1. The quantitative estimate of drug-likeness (QED) is 0.315.